The molecule has 0 aliphatic carbocycles. The fourth-order valence-corrected chi connectivity index (χ4v) is 1.60. The molecule has 2 aromatic rings. The molecule has 2 rings (SSSR count). The highest BCUT2D eigenvalue weighted by Crippen LogP contribution is 2.05. The van der Waals surface area contributed by atoms with Crippen molar-refractivity contribution in [2.24, 2.45) is 10.7 Å². The van der Waals surface area contributed by atoms with Crippen molar-refractivity contribution in [3.63, 3.8) is 0 Å². The quantitative estimate of drug-likeness (QED) is 0.586. The van der Waals surface area contributed by atoms with Crippen LogP contribution in [-0.4, -0.2) is 18.5 Å². The number of hydrogen-bond donors (Lipinski definition) is 3. The molecule has 0 unspecified atom stereocenters. The summed E-state index contributed by atoms with van der Waals surface area (Å²) in [6.45, 7) is 0.511. The number of nitrogens with one attached hydrogen (secondary N) is 2. The molecule has 0 fully saturated rings. The van der Waals surface area contributed by atoms with Crippen LogP contribution < -0.4 is 16.4 Å². The van der Waals surface area contributed by atoms with Gasteiger partial charge in [-0.15, -0.1) is 0 Å². The lowest BCUT2D eigenvalue weighted by Crippen LogP contribution is -2.39. The van der Waals surface area contributed by atoms with Gasteiger partial charge in [0.1, 0.15) is 0 Å². The van der Waals surface area contributed by atoms with Gasteiger partial charge >= 0.3 is 6.03 Å². The van der Waals surface area contributed by atoms with E-state index >= 15 is 0 Å². The highest BCUT2D eigenvalue weighted by atomic mass is 16.3. The Morgan fingerprint density at radius 1 is 1.20 bits per heavy atom. The zero-order valence-electron chi connectivity index (χ0n) is 10.9. The Morgan fingerprint density at radius 3 is 2.70 bits per heavy atom. The molecule has 0 saturated carbocycles. The number of aliphatic imine (C=N–C) groups is 1. The average molecular weight is 272 g/mol. The van der Waals surface area contributed by atoms with Gasteiger partial charge in [0.15, 0.2) is 5.96 Å². The van der Waals surface area contributed by atoms with E-state index in [1.807, 2.05) is 30.3 Å². The van der Waals surface area contributed by atoms with Crippen molar-refractivity contribution >= 4 is 17.9 Å². The van der Waals surface area contributed by atoms with Gasteiger partial charge in [0.2, 0.25) is 5.88 Å². The third-order valence-corrected chi connectivity index (χ3v) is 2.52. The predicted octanol–water partition coefficient (Wildman–Crippen LogP) is 1.96. The normalized spacial score (nSPS) is 11.1. The van der Waals surface area contributed by atoms with Crippen LogP contribution in [0.1, 0.15) is 5.56 Å². The van der Waals surface area contributed by atoms with E-state index in [9.17, 15) is 4.79 Å². The van der Waals surface area contributed by atoms with Gasteiger partial charge in [0.05, 0.1) is 6.26 Å². The number of anilines is 1. The largest absolute Gasteiger partial charge is 0.449 e. The lowest BCUT2D eigenvalue weighted by Gasteiger charge is -2.04. The number of rotatable bonds is 4. The first-order chi connectivity index (χ1) is 9.74. The van der Waals surface area contributed by atoms with Crippen LogP contribution >= 0.6 is 0 Å². The van der Waals surface area contributed by atoms with Crippen molar-refractivity contribution in [1.29, 1.82) is 0 Å². The zero-order valence-corrected chi connectivity index (χ0v) is 10.9. The number of hydrogen-bond acceptors (Lipinski definition) is 3. The monoisotopic (exact) mass is 272 g/mol. The molecule has 104 valence electrons. The lowest BCUT2D eigenvalue weighted by molar-refractivity contribution is 0.255. The second-order valence-electron chi connectivity index (χ2n) is 4.06. The van der Waals surface area contributed by atoms with Crippen molar-refractivity contribution in [2.45, 2.75) is 6.42 Å². The van der Waals surface area contributed by atoms with E-state index in [4.69, 9.17) is 10.2 Å². The summed E-state index contributed by atoms with van der Waals surface area (Å²) in [7, 11) is 0. The SMILES string of the molecule is NC(=NCCc1ccccc1)NC(=O)Nc1ccco1. The van der Waals surface area contributed by atoms with Gasteiger partial charge in [-0.2, -0.15) is 0 Å². The zero-order chi connectivity index (χ0) is 14.2. The van der Waals surface area contributed by atoms with Crippen LogP contribution in [-0.2, 0) is 6.42 Å². The third kappa shape index (κ3) is 4.49. The molecule has 0 aliphatic rings. The fourth-order valence-electron chi connectivity index (χ4n) is 1.60. The molecule has 6 nitrogen and oxygen atoms in total. The van der Waals surface area contributed by atoms with Crippen LogP contribution in [0.5, 0.6) is 0 Å². The van der Waals surface area contributed by atoms with Crippen LogP contribution in [0.2, 0.25) is 0 Å². The number of carbonyl (C=O) groups is 1. The maximum atomic E-state index is 11.5. The van der Waals surface area contributed by atoms with Crippen molar-refractivity contribution in [3.8, 4) is 0 Å². The number of benzene rings is 1. The Hall–Kier alpha value is -2.76. The van der Waals surface area contributed by atoms with E-state index in [0.29, 0.717) is 12.4 Å². The molecule has 1 aromatic carbocycles. The first-order valence-electron chi connectivity index (χ1n) is 6.19. The van der Waals surface area contributed by atoms with E-state index < -0.39 is 6.03 Å². The van der Waals surface area contributed by atoms with Crippen molar-refractivity contribution in [3.05, 3.63) is 54.3 Å². The summed E-state index contributed by atoms with van der Waals surface area (Å²) >= 11 is 0. The van der Waals surface area contributed by atoms with E-state index in [-0.39, 0.29) is 5.96 Å². The molecule has 2 amide bonds. The van der Waals surface area contributed by atoms with Crippen molar-refractivity contribution in [2.75, 3.05) is 11.9 Å². The minimum Gasteiger partial charge on any atom is -0.449 e. The number of nitrogens with zero attached hydrogens (tertiary/aromatic N) is 1. The lowest BCUT2D eigenvalue weighted by atomic mass is 10.2. The number of carbonyl (C=O) groups excluding carboxylic acids is 1. The van der Waals surface area contributed by atoms with Gasteiger partial charge in [0, 0.05) is 12.6 Å². The first-order valence-corrected chi connectivity index (χ1v) is 6.19. The topological polar surface area (TPSA) is 92.6 Å². The second kappa shape index (κ2) is 6.98. The molecule has 0 bridgehead atoms. The van der Waals surface area contributed by atoms with Crippen molar-refractivity contribution in [1.82, 2.24) is 5.32 Å². The Balaban J connectivity index is 1.75. The van der Waals surface area contributed by atoms with Gasteiger partial charge in [-0.05, 0) is 18.1 Å². The molecule has 0 saturated heterocycles. The molecule has 0 spiro atoms. The van der Waals surface area contributed by atoms with Crippen LogP contribution in [0.25, 0.3) is 0 Å². The first kappa shape index (κ1) is 13.7. The summed E-state index contributed by atoms with van der Waals surface area (Å²) in [4.78, 5) is 15.6. The summed E-state index contributed by atoms with van der Waals surface area (Å²) in [5.74, 6) is 0.421. The summed E-state index contributed by atoms with van der Waals surface area (Å²) < 4.78 is 4.97. The number of amides is 2. The van der Waals surface area contributed by atoms with E-state index in [1.54, 1.807) is 12.1 Å². The second-order valence-corrected chi connectivity index (χ2v) is 4.06. The maximum absolute atomic E-state index is 11.5. The number of nitrogens with two attached hydrogens (primary N) is 1. The highest BCUT2D eigenvalue weighted by molar-refractivity contribution is 6.01. The van der Waals surface area contributed by atoms with Gasteiger partial charge in [0.25, 0.3) is 0 Å². The number of furan rings is 1. The summed E-state index contributed by atoms with van der Waals surface area (Å²) in [6, 6.07) is 12.7. The average Bonchev–Trinajstić information content (AvgIpc) is 2.92. The molecule has 0 atom stereocenters. The molecule has 0 radical (unpaired) electrons. The van der Waals surface area contributed by atoms with E-state index in [1.165, 1.54) is 11.8 Å². The Bertz CT molecular complexity index is 564. The van der Waals surface area contributed by atoms with Crippen LogP contribution in [0.3, 0.4) is 0 Å². The molecule has 20 heavy (non-hydrogen) atoms. The van der Waals surface area contributed by atoms with Gasteiger partial charge in [-0.3, -0.25) is 15.6 Å². The van der Waals surface area contributed by atoms with Crippen LogP contribution in [0, 0.1) is 0 Å². The minimum atomic E-state index is -0.485. The summed E-state index contributed by atoms with van der Waals surface area (Å²) in [6.07, 6.45) is 2.23. The Kier molecular flexibility index (Phi) is 4.77. The number of urea groups is 1. The predicted molar refractivity (Wildman–Crippen MR) is 77.5 cm³/mol. The van der Waals surface area contributed by atoms with Gasteiger partial charge in [-0.25, -0.2) is 4.79 Å². The minimum absolute atomic E-state index is 0.0741. The van der Waals surface area contributed by atoms with Crippen LogP contribution in [0.15, 0.2) is 58.1 Å². The molecule has 0 aliphatic heterocycles. The third-order valence-electron chi connectivity index (χ3n) is 2.52. The summed E-state index contributed by atoms with van der Waals surface area (Å²) in [5, 5.41) is 4.91. The maximum Gasteiger partial charge on any atom is 0.328 e. The highest BCUT2D eigenvalue weighted by Gasteiger charge is 2.04. The Morgan fingerprint density at radius 2 is 2.00 bits per heavy atom. The molecule has 6 heteroatoms. The molecule has 1 aromatic heterocycles. The molecular formula is C14H16N4O2. The molecule has 4 N–H and O–H groups in total. The van der Waals surface area contributed by atoms with E-state index in [2.05, 4.69) is 15.6 Å². The number of guanidine groups is 1. The van der Waals surface area contributed by atoms with Gasteiger partial charge in [-0.1, -0.05) is 30.3 Å². The standard InChI is InChI=1S/C14H16N4O2/c15-13(16-9-8-11-5-2-1-3-6-11)18-14(19)17-12-7-4-10-20-12/h1-7,10H,8-9H2,(H4,15,16,17,18,19). The fraction of sp³-hybridized carbons (Fsp3) is 0.143. The van der Waals surface area contributed by atoms with Crippen molar-refractivity contribution < 1.29 is 9.21 Å². The molecule has 1 heterocycles. The smallest absolute Gasteiger partial charge is 0.328 e. The summed E-state index contributed by atoms with van der Waals surface area (Å²) in [5.41, 5.74) is 6.79. The van der Waals surface area contributed by atoms with Gasteiger partial charge < -0.3 is 10.2 Å². The van der Waals surface area contributed by atoms with Crippen LogP contribution in [0.4, 0.5) is 10.7 Å². The molecular weight excluding hydrogens is 256 g/mol. The Labute approximate surface area is 116 Å². The van der Waals surface area contributed by atoms with E-state index in [0.717, 1.165) is 6.42 Å².